The zero-order valence-electron chi connectivity index (χ0n) is 11.6. The number of carbonyl (C=O) groups is 1. The van der Waals surface area contributed by atoms with Gasteiger partial charge in [0.25, 0.3) is 0 Å². The van der Waals surface area contributed by atoms with Gasteiger partial charge in [-0.2, -0.15) is 0 Å². The number of hydrogen-bond donors (Lipinski definition) is 2. The molecule has 0 aliphatic rings. The van der Waals surface area contributed by atoms with Gasteiger partial charge in [-0.15, -0.1) is 0 Å². The second kappa shape index (κ2) is 5.41. The number of carboxylic acids is 1. The van der Waals surface area contributed by atoms with Crippen LogP contribution < -0.4 is 10.5 Å². The molecule has 0 bridgehead atoms. The first-order valence-electron chi connectivity index (χ1n) is 6.14. The van der Waals surface area contributed by atoms with Crippen molar-refractivity contribution in [2.75, 3.05) is 7.11 Å². The first-order chi connectivity index (χ1) is 9.86. The number of nitro groups is 1. The summed E-state index contributed by atoms with van der Waals surface area (Å²) in [6.45, 7) is 0. The summed E-state index contributed by atoms with van der Waals surface area (Å²) in [7, 11) is 3.06. The molecule has 112 valence electrons. The van der Waals surface area contributed by atoms with Gasteiger partial charge in [0, 0.05) is 24.8 Å². The van der Waals surface area contributed by atoms with E-state index in [1.807, 2.05) is 0 Å². The molecule has 0 aliphatic heterocycles. The molecule has 1 aromatic carbocycles. The molecule has 1 aromatic heterocycles. The van der Waals surface area contributed by atoms with Gasteiger partial charge in [-0.25, -0.2) is 0 Å². The zero-order valence-corrected chi connectivity index (χ0v) is 11.6. The second-order valence-corrected chi connectivity index (χ2v) is 4.67. The van der Waals surface area contributed by atoms with Crippen LogP contribution in [0.5, 0.6) is 5.75 Å². The third kappa shape index (κ3) is 2.52. The smallest absolute Gasteiger partial charge is 0.320 e. The fourth-order valence-electron chi connectivity index (χ4n) is 2.41. The number of nitrogens with two attached hydrogens (primary N) is 1. The Hall–Kier alpha value is -2.61. The Bertz CT molecular complexity index is 722. The maximum Gasteiger partial charge on any atom is 0.320 e. The number of rotatable bonds is 5. The van der Waals surface area contributed by atoms with Gasteiger partial charge in [-0.05, 0) is 12.1 Å². The molecule has 2 aromatic rings. The van der Waals surface area contributed by atoms with Crippen molar-refractivity contribution in [2.45, 2.75) is 12.5 Å². The minimum absolute atomic E-state index is 0.113. The average Bonchev–Trinajstić information content (AvgIpc) is 2.74. The molecule has 1 atom stereocenters. The summed E-state index contributed by atoms with van der Waals surface area (Å²) >= 11 is 0. The molecule has 0 radical (unpaired) electrons. The Morgan fingerprint density at radius 3 is 2.76 bits per heavy atom. The molecular weight excluding hydrogens is 278 g/mol. The number of aryl methyl sites for hydroxylation is 1. The highest BCUT2D eigenvalue weighted by molar-refractivity contribution is 5.95. The molecule has 21 heavy (non-hydrogen) atoms. The van der Waals surface area contributed by atoms with Crippen LogP contribution >= 0.6 is 0 Å². The summed E-state index contributed by atoms with van der Waals surface area (Å²) in [5.41, 5.74) is 6.69. The van der Waals surface area contributed by atoms with Crippen molar-refractivity contribution in [3.8, 4) is 5.75 Å². The minimum Gasteiger partial charge on any atom is -0.490 e. The van der Waals surface area contributed by atoms with E-state index in [-0.39, 0.29) is 17.9 Å². The van der Waals surface area contributed by atoms with Crippen LogP contribution in [0.15, 0.2) is 18.3 Å². The number of hydrogen-bond acceptors (Lipinski definition) is 5. The molecule has 0 aliphatic carbocycles. The number of aliphatic carboxylic acids is 1. The molecule has 0 fully saturated rings. The molecule has 1 unspecified atom stereocenters. The van der Waals surface area contributed by atoms with E-state index < -0.39 is 16.9 Å². The number of benzene rings is 1. The predicted octanol–water partition coefficient (Wildman–Crippen LogP) is 1.57. The summed E-state index contributed by atoms with van der Waals surface area (Å²) in [5.74, 6) is -0.951. The molecular formula is C13H15N3O5. The Kier molecular flexibility index (Phi) is 3.81. The van der Waals surface area contributed by atoms with E-state index in [0.29, 0.717) is 16.5 Å². The Morgan fingerprint density at radius 1 is 1.57 bits per heavy atom. The van der Waals surface area contributed by atoms with Crippen molar-refractivity contribution < 1.29 is 19.6 Å². The molecule has 0 saturated heterocycles. The van der Waals surface area contributed by atoms with Crippen LogP contribution in [0.25, 0.3) is 10.9 Å². The molecule has 0 saturated carbocycles. The van der Waals surface area contributed by atoms with Crippen LogP contribution in [0.3, 0.4) is 0 Å². The monoisotopic (exact) mass is 293 g/mol. The molecule has 0 amide bonds. The molecule has 2 rings (SSSR count). The third-order valence-corrected chi connectivity index (χ3v) is 3.32. The summed E-state index contributed by atoms with van der Waals surface area (Å²) in [6, 6.07) is 2.35. The van der Waals surface area contributed by atoms with Crippen molar-refractivity contribution in [1.82, 2.24) is 4.57 Å². The van der Waals surface area contributed by atoms with Crippen LogP contribution in [0, 0.1) is 10.1 Å². The van der Waals surface area contributed by atoms with Gasteiger partial charge in [-0.3, -0.25) is 14.9 Å². The van der Waals surface area contributed by atoms with Crippen LogP contribution in [0.4, 0.5) is 5.69 Å². The topological polar surface area (TPSA) is 121 Å². The second-order valence-electron chi connectivity index (χ2n) is 4.67. The van der Waals surface area contributed by atoms with Crippen LogP contribution in [0.1, 0.15) is 18.0 Å². The zero-order chi connectivity index (χ0) is 15.7. The lowest BCUT2D eigenvalue weighted by Crippen LogP contribution is -2.15. The van der Waals surface area contributed by atoms with Gasteiger partial charge in [0.15, 0.2) is 5.75 Å². The van der Waals surface area contributed by atoms with E-state index in [1.54, 1.807) is 23.9 Å². The average molecular weight is 293 g/mol. The Balaban J connectivity index is 2.77. The van der Waals surface area contributed by atoms with Gasteiger partial charge in [-0.1, -0.05) is 0 Å². The van der Waals surface area contributed by atoms with Gasteiger partial charge in [0.05, 0.1) is 29.4 Å². The first-order valence-corrected chi connectivity index (χ1v) is 6.14. The van der Waals surface area contributed by atoms with Gasteiger partial charge in [0.1, 0.15) is 0 Å². The Morgan fingerprint density at radius 2 is 2.24 bits per heavy atom. The highest BCUT2D eigenvalue weighted by atomic mass is 16.6. The molecule has 3 N–H and O–H groups in total. The van der Waals surface area contributed by atoms with Crippen LogP contribution in [0.2, 0.25) is 0 Å². The lowest BCUT2D eigenvalue weighted by atomic mass is 10.0. The van der Waals surface area contributed by atoms with E-state index in [9.17, 15) is 14.9 Å². The van der Waals surface area contributed by atoms with Gasteiger partial charge in [0.2, 0.25) is 0 Å². The highest BCUT2D eigenvalue weighted by Gasteiger charge is 2.27. The van der Waals surface area contributed by atoms with Crippen molar-refractivity contribution >= 4 is 22.6 Å². The lowest BCUT2D eigenvalue weighted by Gasteiger charge is -2.09. The van der Waals surface area contributed by atoms with E-state index in [0.717, 1.165) is 0 Å². The fraction of sp³-hybridized carbons (Fsp3) is 0.308. The summed E-state index contributed by atoms with van der Waals surface area (Å²) in [6.07, 6.45) is 1.30. The molecule has 8 heteroatoms. The number of ether oxygens (including phenoxy) is 1. The normalized spacial score (nSPS) is 12.3. The maximum atomic E-state index is 11.4. The summed E-state index contributed by atoms with van der Waals surface area (Å²) in [5, 5.41) is 20.5. The van der Waals surface area contributed by atoms with E-state index >= 15 is 0 Å². The molecule has 0 spiro atoms. The number of nitrogens with zero attached hydrogens (tertiary/aromatic N) is 2. The largest absolute Gasteiger partial charge is 0.490 e. The van der Waals surface area contributed by atoms with Crippen molar-refractivity contribution in [3.63, 3.8) is 0 Å². The van der Waals surface area contributed by atoms with Crippen molar-refractivity contribution in [2.24, 2.45) is 12.8 Å². The standard InChI is InChI=1S/C13H15N3O5/c1-15-6-7(8(14)5-11(17)18)12-9(15)3-4-10(21-2)13(12)16(19)20/h3-4,6,8H,5,14H2,1-2H3,(H,17,18). The highest BCUT2D eigenvalue weighted by Crippen LogP contribution is 2.39. The van der Waals surface area contributed by atoms with Crippen LogP contribution in [-0.2, 0) is 11.8 Å². The molecule has 8 nitrogen and oxygen atoms in total. The quantitative estimate of drug-likeness (QED) is 0.637. The number of nitro benzene ring substituents is 1. The number of aromatic nitrogens is 1. The van der Waals surface area contributed by atoms with Gasteiger partial charge >= 0.3 is 11.7 Å². The third-order valence-electron chi connectivity index (χ3n) is 3.32. The number of methoxy groups -OCH3 is 1. The maximum absolute atomic E-state index is 11.4. The van der Waals surface area contributed by atoms with Gasteiger partial charge < -0.3 is 20.1 Å². The van der Waals surface area contributed by atoms with E-state index in [2.05, 4.69) is 0 Å². The summed E-state index contributed by atoms with van der Waals surface area (Å²) < 4.78 is 6.71. The van der Waals surface area contributed by atoms with Crippen molar-refractivity contribution in [1.29, 1.82) is 0 Å². The Labute approximate surface area is 119 Å². The van der Waals surface area contributed by atoms with E-state index in [4.69, 9.17) is 15.6 Å². The predicted molar refractivity (Wildman–Crippen MR) is 75.3 cm³/mol. The summed E-state index contributed by atoms with van der Waals surface area (Å²) in [4.78, 5) is 21.6. The fourth-order valence-corrected chi connectivity index (χ4v) is 2.41. The minimum atomic E-state index is -1.06. The van der Waals surface area contributed by atoms with Crippen molar-refractivity contribution in [3.05, 3.63) is 34.0 Å². The SMILES string of the molecule is COc1ccc2c(c(C(N)CC(=O)O)cn2C)c1[N+](=O)[O-]. The van der Waals surface area contributed by atoms with Crippen LogP contribution in [-0.4, -0.2) is 27.7 Å². The lowest BCUT2D eigenvalue weighted by molar-refractivity contribution is -0.384. The first kappa shape index (κ1) is 14.8. The molecule has 1 heterocycles. The van der Waals surface area contributed by atoms with E-state index in [1.165, 1.54) is 13.2 Å². The number of carboxylic acid groups (broad SMARTS) is 1. The number of fused-ring (bicyclic) bond motifs is 1.